The highest BCUT2D eigenvalue weighted by molar-refractivity contribution is 7.13. The summed E-state index contributed by atoms with van der Waals surface area (Å²) < 4.78 is 0. The summed E-state index contributed by atoms with van der Waals surface area (Å²) in [5.74, 6) is -1.30. The van der Waals surface area contributed by atoms with Gasteiger partial charge in [0.15, 0.2) is 5.13 Å². The lowest BCUT2D eigenvalue weighted by atomic mass is 10.0. The second-order valence-electron chi connectivity index (χ2n) is 4.10. The fourth-order valence-electron chi connectivity index (χ4n) is 1.53. The Bertz CT molecular complexity index is 548. The smallest absolute Gasteiger partial charge is 0.310 e. The Morgan fingerprint density at radius 1 is 1.39 bits per heavy atom. The Hall–Kier alpha value is -1.88. The van der Waals surface area contributed by atoms with Crippen molar-refractivity contribution < 1.29 is 9.90 Å². The minimum absolute atomic E-state index is 0.485. The van der Waals surface area contributed by atoms with E-state index in [-0.39, 0.29) is 0 Å². The van der Waals surface area contributed by atoms with Crippen LogP contribution in [0.3, 0.4) is 0 Å². The van der Waals surface area contributed by atoms with Crippen molar-refractivity contribution in [2.24, 2.45) is 0 Å². The molecule has 0 fully saturated rings. The molecule has 0 aliphatic rings. The lowest BCUT2D eigenvalue weighted by molar-refractivity contribution is -0.138. The fourth-order valence-corrected chi connectivity index (χ4v) is 2.24. The van der Waals surface area contributed by atoms with Crippen LogP contribution < -0.4 is 5.32 Å². The van der Waals surface area contributed by atoms with E-state index in [2.05, 4.69) is 10.3 Å². The summed E-state index contributed by atoms with van der Waals surface area (Å²) in [5, 5.41) is 14.9. The number of aryl methyl sites for hydroxylation is 1. The Morgan fingerprint density at radius 3 is 2.56 bits per heavy atom. The average molecular weight is 262 g/mol. The second kappa shape index (κ2) is 5.18. The monoisotopic (exact) mass is 262 g/mol. The molecule has 0 bridgehead atoms. The van der Waals surface area contributed by atoms with E-state index in [1.54, 1.807) is 18.3 Å². The quantitative estimate of drug-likeness (QED) is 0.886. The van der Waals surface area contributed by atoms with Gasteiger partial charge in [-0.25, -0.2) is 4.98 Å². The maximum Gasteiger partial charge on any atom is 0.310 e. The van der Waals surface area contributed by atoms with E-state index in [9.17, 15) is 4.79 Å². The lowest BCUT2D eigenvalue weighted by Gasteiger charge is -2.08. The van der Waals surface area contributed by atoms with Crippen molar-refractivity contribution in [2.45, 2.75) is 19.8 Å². The minimum atomic E-state index is -0.814. The van der Waals surface area contributed by atoms with Gasteiger partial charge in [0.05, 0.1) is 11.6 Å². The van der Waals surface area contributed by atoms with Crippen LogP contribution in [0.5, 0.6) is 0 Å². The highest BCUT2D eigenvalue weighted by Crippen LogP contribution is 2.23. The summed E-state index contributed by atoms with van der Waals surface area (Å²) in [7, 11) is 0. The van der Waals surface area contributed by atoms with Gasteiger partial charge in [0.25, 0.3) is 0 Å². The van der Waals surface area contributed by atoms with Crippen molar-refractivity contribution in [1.82, 2.24) is 4.98 Å². The summed E-state index contributed by atoms with van der Waals surface area (Å²) in [6.07, 6.45) is 0. The van der Waals surface area contributed by atoms with Crippen LogP contribution >= 0.6 is 11.3 Å². The van der Waals surface area contributed by atoms with Gasteiger partial charge in [-0.2, -0.15) is 0 Å². The first-order chi connectivity index (χ1) is 8.56. The number of anilines is 2. The molecule has 94 valence electrons. The number of aromatic nitrogens is 1. The molecular weight excluding hydrogens is 248 g/mol. The molecule has 2 rings (SSSR count). The zero-order valence-electron chi connectivity index (χ0n) is 10.2. The maximum absolute atomic E-state index is 10.9. The Balaban J connectivity index is 2.10. The normalized spacial score (nSPS) is 12.1. The third-order valence-electron chi connectivity index (χ3n) is 2.65. The molecular formula is C13H14N2O2S. The molecule has 5 heteroatoms. The number of nitrogens with zero attached hydrogens (tertiary/aromatic N) is 1. The molecule has 4 nitrogen and oxygen atoms in total. The van der Waals surface area contributed by atoms with Crippen molar-refractivity contribution in [3.63, 3.8) is 0 Å². The minimum Gasteiger partial charge on any atom is -0.481 e. The highest BCUT2D eigenvalue weighted by Gasteiger charge is 2.12. The van der Waals surface area contributed by atoms with Crippen molar-refractivity contribution in [3.8, 4) is 0 Å². The molecule has 0 saturated heterocycles. The van der Waals surface area contributed by atoms with E-state index in [0.717, 1.165) is 22.1 Å². The van der Waals surface area contributed by atoms with Gasteiger partial charge in [-0.1, -0.05) is 12.1 Å². The maximum atomic E-state index is 10.9. The van der Waals surface area contributed by atoms with Crippen molar-refractivity contribution in [3.05, 3.63) is 40.9 Å². The fraction of sp³-hybridized carbons (Fsp3) is 0.231. The number of carboxylic acid groups (broad SMARTS) is 1. The van der Waals surface area contributed by atoms with E-state index < -0.39 is 11.9 Å². The summed E-state index contributed by atoms with van der Waals surface area (Å²) >= 11 is 1.54. The van der Waals surface area contributed by atoms with E-state index in [1.807, 2.05) is 36.6 Å². The molecule has 0 saturated carbocycles. The molecule has 1 aromatic carbocycles. The number of nitrogens with one attached hydrogen (secondary N) is 1. The molecule has 1 heterocycles. The van der Waals surface area contributed by atoms with E-state index in [4.69, 9.17) is 5.11 Å². The van der Waals surface area contributed by atoms with Gasteiger partial charge in [0.1, 0.15) is 0 Å². The number of hydrogen-bond donors (Lipinski definition) is 2. The third kappa shape index (κ3) is 2.87. The molecule has 0 amide bonds. The molecule has 18 heavy (non-hydrogen) atoms. The first-order valence-electron chi connectivity index (χ1n) is 5.58. The van der Waals surface area contributed by atoms with Crippen molar-refractivity contribution in [2.75, 3.05) is 5.32 Å². The molecule has 0 aliphatic carbocycles. The molecule has 1 unspecified atom stereocenters. The molecule has 2 aromatic rings. The summed E-state index contributed by atoms with van der Waals surface area (Å²) in [4.78, 5) is 15.2. The summed E-state index contributed by atoms with van der Waals surface area (Å²) in [6, 6.07) is 7.38. The van der Waals surface area contributed by atoms with Crippen LogP contribution in [-0.4, -0.2) is 16.1 Å². The van der Waals surface area contributed by atoms with Crippen LogP contribution in [-0.2, 0) is 4.79 Å². The van der Waals surface area contributed by atoms with Crippen LogP contribution in [0.2, 0.25) is 0 Å². The Kier molecular flexibility index (Phi) is 3.62. The van der Waals surface area contributed by atoms with Gasteiger partial charge in [0, 0.05) is 11.1 Å². The van der Waals surface area contributed by atoms with Crippen LogP contribution in [0.1, 0.15) is 24.1 Å². The highest BCUT2D eigenvalue weighted by atomic mass is 32.1. The first kappa shape index (κ1) is 12.6. The first-order valence-corrected chi connectivity index (χ1v) is 6.46. The predicted molar refractivity (Wildman–Crippen MR) is 72.6 cm³/mol. The predicted octanol–water partition coefficient (Wildman–Crippen LogP) is 3.38. The SMILES string of the molecule is Cc1csc(Nc2ccc(C(C)C(=O)O)cc2)n1. The van der Waals surface area contributed by atoms with Gasteiger partial charge in [0.2, 0.25) is 0 Å². The van der Waals surface area contributed by atoms with Crippen LogP contribution in [0.15, 0.2) is 29.6 Å². The van der Waals surface area contributed by atoms with Gasteiger partial charge in [-0.15, -0.1) is 11.3 Å². The number of carboxylic acids is 1. The molecule has 0 aliphatic heterocycles. The molecule has 0 radical (unpaired) electrons. The van der Waals surface area contributed by atoms with E-state index >= 15 is 0 Å². The largest absolute Gasteiger partial charge is 0.481 e. The number of hydrogen-bond acceptors (Lipinski definition) is 4. The molecule has 2 N–H and O–H groups in total. The average Bonchev–Trinajstić information content (AvgIpc) is 2.75. The van der Waals surface area contributed by atoms with Gasteiger partial charge in [-0.05, 0) is 31.5 Å². The second-order valence-corrected chi connectivity index (χ2v) is 4.96. The number of benzene rings is 1. The van der Waals surface area contributed by atoms with Crippen LogP contribution in [0.25, 0.3) is 0 Å². The Labute approximate surface area is 109 Å². The zero-order chi connectivity index (χ0) is 13.1. The number of carbonyl (C=O) groups is 1. The van der Waals surface area contributed by atoms with E-state index in [1.165, 1.54) is 0 Å². The number of aliphatic carboxylic acids is 1. The topological polar surface area (TPSA) is 62.2 Å². The van der Waals surface area contributed by atoms with Crippen molar-refractivity contribution in [1.29, 1.82) is 0 Å². The molecule has 0 spiro atoms. The van der Waals surface area contributed by atoms with Gasteiger partial charge in [-0.3, -0.25) is 4.79 Å². The molecule has 1 aromatic heterocycles. The summed E-state index contributed by atoms with van der Waals surface area (Å²) in [6.45, 7) is 3.62. The lowest BCUT2D eigenvalue weighted by Crippen LogP contribution is -2.07. The van der Waals surface area contributed by atoms with Gasteiger partial charge >= 0.3 is 5.97 Å². The summed E-state index contributed by atoms with van der Waals surface area (Å²) in [5.41, 5.74) is 2.69. The van der Waals surface area contributed by atoms with Crippen molar-refractivity contribution >= 4 is 28.1 Å². The molecule has 1 atom stereocenters. The standard InChI is InChI=1S/C13H14N2O2S/c1-8-7-18-13(14-8)15-11-5-3-10(4-6-11)9(2)12(16)17/h3-7,9H,1-2H3,(H,14,15)(H,16,17). The number of rotatable bonds is 4. The van der Waals surface area contributed by atoms with Gasteiger partial charge < -0.3 is 10.4 Å². The van der Waals surface area contributed by atoms with E-state index in [0.29, 0.717) is 0 Å². The zero-order valence-corrected chi connectivity index (χ0v) is 11.0. The van der Waals surface area contributed by atoms with Crippen LogP contribution in [0.4, 0.5) is 10.8 Å². The van der Waals surface area contributed by atoms with Crippen LogP contribution in [0, 0.1) is 6.92 Å². The Morgan fingerprint density at radius 2 is 2.06 bits per heavy atom. The third-order valence-corrected chi connectivity index (χ3v) is 3.53. The number of thiazole rings is 1.